The predicted octanol–water partition coefficient (Wildman–Crippen LogP) is 3.00. The number of aromatic nitrogens is 2. The lowest BCUT2D eigenvalue weighted by molar-refractivity contribution is 0.103. The van der Waals surface area contributed by atoms with Crippen molar-refractivity contribution in [1.82, 2.24) is 10.2 Å². The van der Waals surface area contributed by atoms with E-state index in [4.69, 9.17) is 4.42 Å². The van der Waals surface area contributed by atoms with Crippen LogP contribution >= 0.6 is 0 Å². The highest BCUT2D eigenvalue weighted by Crippen LogP contribution is 2.28. The number of aromatic amines is 1. The molecule has 0 aliphatic carbocycles. The highest BCUT2D eigenvalue weighted by Gasteiger charge is 2.25. The van der Waals surface area contributed by atoms with Crippen molar-refractivity contribution in [1.29, 1.82) is 0 Å². The Bertz CT molecular complexity index is 1030. The third-order valence-electron chi connectivity index (χ3n) is 3.60. The number of carbonyl (C=O) groups is 1. The number of carbonyl (C=O) groups excluding carboxylic acids is 2. The Morgan fingerprint density at radius 1 is 1.05 bits per heavy atom. The molecule has 1 N–H and O–H groups in total. The molecular formula is C17H9N2O3. The molecule has 0 unspecified atom stereocenters. The van der Waals surface area contributed by atoms with Gasteiger partial charge in [-0.2, -0.15) is 5.10 Å². The van der Waals surface area contributed by atoms with Crippen molar-refractivity contribution in [3.05, 3.63) is 65.5 Å². The number of nitrogens with one attached hydrogen (secondary N) is 1. The van der Waals surface area contributed by atoms with Crippen LogP contribution in [0, 0.1) is 0 Å². The van der Waals surface area contributed by atoms with E-state index in [1.807, 2.05) is 18.2 Å². The first kappa shape index (κ1) is 12.5. The van der Waals surface area contributed by atoms with Crippen molar-refractivity contribution in [3.63, 3.8) is 0 Å². The number of hydrogen-bond donors (Lipinski definition) is 1. The van der Waals surface area contributed by atoms with E-state index in [1.54, 1.807) is 36.6 Å². The molecule has 0 spiro atoms. The molecule has 5 nitrogen and oxygen atoms in total. The number of fused-ring (bicyclic) bond motifs is 2. The summed E-state index contributed by atoms with van der Waals surface area (Å²) in [5.41, 5.74) is 1.70. The van der Waals surface area contributed by atoms with Gasteiger partial charge >= 0.3 is 0 Å². The van der Waals surface area contributed by atoms with E-state index >= 15 is 0 Å². The second kappa shape index (κ2) is 4.66. The van der Waals surface area contributed by atoms with Crippen LogP contribution in [0.25, 0.3) is 21.9 Å². The number of ketones is 1. The van der Waals surface area contributed by atoms with E-state index < -0.39 is 0 Å². The number of H-pyrrole nitrogens is 1. The highest BCUT2D eigenvalue weighted by molar-refractivity contribution is 6.22. The Morgan fingerprint density at radius 2 is 1.77 bits per heavy atom. The normalized spacial score (nSPS) is 11.1. The summed E-state index contributed by atoms with van der Waals surface area (Å²) in [7, 11) is 0. The maximum atomic E-state index is 12.9. The fraction of sp³-hybridized carbons (Fsp3) is 0. The zero-order valence-corrected chi connectivity index (χ0v) is 11.3. The summed E-state index contributed by atoms with van der Waals surface area (Å²) >= 11 is 0. The van der Waals surface area contributed by atoms with Crippen LogP contribution in [0.5, 0.6) is 0 Å². The van der Waals surface area contributed by atoms with Crippen LogP contribution in [0.4, 0.5) is 0 Å². The van der Waals surface area contributed by atoms with Crippen molar-refractivity contribution in [3.8, 4) is 0 Å². The summed E-state index contributed by atoms with van der Waals surface area (Å²) in [5.74, 6) is -0.459. The minimum Gasteiger partial charge on any atom is -0.452 e. The molecule has 4 aromatic rings. The van der Waals surface area contributed by atoms with Crippen LogP contribution in [0.2, 0.25) is 0 Å². The van der Waals surface area contributed by atoms with Gasteiger partial charge in [-0.3, -0.25) is 14.7 Å². The number of para-hydroxylation sites is 2. The Hall–Kier alpha value is -3.21. The fourth-order valence-electron chi connectivity index (χ4n) is 2.60. The van der Waals surface area contributed by atoms with E-state index in [9.17, 15) is 9.59 Å². The molecule has 2 aromatic heterocycles. The van der Waals surface area contributed by atoms with E-state index in [0.717, 1.165) is 5.52 Å². The van der Waals surface area contributed by atoms with Crippen molar-refractivity contribution in [2.75, 3.05) is 0 Å². The monoisotopic (exact) mass is 289 g/mol. The van der Waals surface area contributed by atoms with Crippen molar-refractivity contribution >= 4 is 33.9 Å². The molecule has 5 heteroatoms. The third-order valence-corrected chi connectivity index (χ3v) is 3.60. The van der Waals surface area contributed by atoms with Gasteiger partial charge in [-0.05, 0) is 12.1 Å². The van der Waals surface area contributed by atoms with Crippen LogP contribution < -0.4 is 0 Å². The topological polar surface area (TPSA) is 76.0 Å². The number of nitrogens with zero attached hydrogens (tertiary/aromatic N) is 1. The molecule has 1 radical (unpaired) electrons. The molecule has 0 fully saturated rings. The van der Waals surface area contributed by atoms with Gasteiger partial charge in [0.05, 0.1) is 11.1 Å². The molecule has 22 heavy (non-hydrogen) atoms. The minimum atomic E-state index is -0.360. The van der Waals surface area contributed by atoms with E-state index in [0.29, 0.717) is 16.4 Å². The van der Waals surface area contributed by atoms with Crippen molar-refractivity contribution in [2.45, 2.75) is 0 Å². The maximum absolute atomic E-state index is 12.9. The van der Waals surface area contributed by atoms with Crippen LogP contribution in [0.1, 0.15) is 21.8 Å². The molecule has 0 atom stereocenters. The summed E-state index contributed by atoms with van der Waals surface area (Å²) in [6, 6.07) is 14.3. The van der Waals surface area contributed by atoms with Gasteiger partial charge in [-0.1, -0.05) is 36.4 Å². The first-order valence-electron chi connectivity index (χ1n) is 6.67. The van der Waals surface area contributed by atoms with Crippen molar-refractivity contribution < 1.29 is 14.0 Å². The summed E-state index contributed by atoms with van der Waals surface area (Å²) in [4.78, 5) is 24.0. The molecule has 0 saturated carbocycles. The van der Waals surface area contributed by atoms with Gasteiger partial charge in [0.25, 0.3) is 6.29 Å². The molecule has 2 aromatic carbocycles. The lowest BCUT2D eigenvalue weighted by Crippen LogP contribution is -2.04. The maximum Gasteiger partial charge on any atom is 0.272 e. The predicted molar refractivity (Wildman–Crippen MR) is 80.5 cm³/mol. The molecular weight excluding hydrogens is 280 g/mol. The molecule has 2 heterocycles. The third kappa shape index (κ3) is 1.69. The summed E-state index contributed by atoms with van der Waals surface area (Å²) in [6.07, 6.45) is 1.70. The van der Waals surface area contributed by atoms with Crippen molar-refractivity contribution in [2.24, 2.45) is 0 Å². The van der Waals surface area contributed by atoms with Gasteiger partial charge in [0.2, 0.25) is 5.78 Å². The second-order valence-corrected chi connectivity index (χ2v) is 4.85. The number of rotatable bonds is 3. The zero-order valence-electron chi connectivity index (χ0n) is 11.3. The number of benzene rings is 2. The quantitative estimate of drug-likeness (QED) is 0.588. The smallest absolute Gasteiger partial charge is 0.272 e. The largest absolute Gasteiger partial charge is 0.452 e. The second-order valence-electron chi connectivity index (χ2n) is 4.85. The van der Waals surface area contributed by atoms with Crippen LogP contribution in [0.15, 0.2) is 52.9 Å². The van der Waals surface area contributed by atoms with Gasteiger partial charge in [0.1, 0.15) is 11.3 Å². The van der Waals surface area contributed by atoms with Gasteiger partial charge < -0.3 is 4.42 Å². The minimum absolute atomic E-state index is 0.0988. The number of hydrogen-bond acceptors (Lipinski definition) is 4. The first-order valence-corrected chi connectivity index (χ1v) is 6.67. The van der Waals surface area contributed by atoms with Gasteiger partial charge in [-0.25, -0.2) is 0 Å². The van der Waals surface area contributed by atoms with E-state index in [-0.39, 0.29) is 22.8 Å². The molecule has 0 saturated heterocycles. The Labute approximate surface area is 124 Å². The number of furan rings is 1. The van der Waals surface area contributed by atoms with Crippen LogP contribution in [-0.2, 0) is 4.79 Å². The molecule has 105 valence electrons. The average molecular weight is 289 g/mol. The van der Waals surface area contributed by atoms with Gasteiger partial charge in [0, 0.05) is 10.8 Å². The standard InChI is InChI=1S/C17H9N2O3/c20-9-14-15(11-6-2-4-8-13(11)22-14)17(21)16-10-5-1-3-7-12(10)18-19-16/h1-8H,(H,18,19). The summed E-state index contributed by atoms with van der Waals surface area (Å²) in [6.45, 7) is 0. The molecule has 0 bridgehead atoms. The fourth-order valence-corrected chi connectivity index (χ4v) is 2.60. The van der Waals surface area contributed by atoms with Gasteiger partial charge in [-0.15, -0.1) is 0 Å². The zero-order chi connectivity index (χ0) is 15.1. The van der Waals surface area contributed by atoms with E-state index in [1.165, 1.54) is 0 Å². The van der Waals surface area contributed by atoms with Crippen LogP contribution in [-0.4, -0.2) is 22.3 Å². The first-order chi connectivity index (χ1) is 10.8. The molecule has 4 rings (SSSR count). The SMILES string of the molecule is O=[C]c1oc2ccccc2c1C(=O)c1n[nH]c2ccccc12. The Balaban J connectivity index is 1.98. The average Bonchev–Trinajstić information content (AvgIpc) is 3.15. The lowest BCUT2D eigenvalue weighted by atomic mass is 10.0. The Morgan fingerprint density at radius 3 is 2.59 bits per heavy atom. The molecule has 0 aliphatic rings. The lowest BCUT2D eigenvalue weighted by Gasteiger charge is -1.97. The van der Waals surface area contributed by atoms with Crippen LogP contribution in [0.3, 0.4) is 0 Å². The summed E-state index contributed by atoms with van der Waals surface area (Å²) < 4.78 is 5.40. The highest BCUT2D eigenvalue weighted by atomic mass is 16.3. The molecule has 0 amide bonds. The Kier molecular flexibility index (Phi) is 2.66. The summed E-state index contributed by atoms with van der Waals surface area (Å²) in [5, 5.41) is 8.19. The molecule has 0 aliphatic heterocycles. The van der Waals surface area contributed by atoms with E-state index in [2.05, 4.69) is 10.2 Å². The van der Waals surface area contributed by atoms with Gasteiger partial charge in [0.15, 0.2) is 5.76 Å².